The minimum Gasteiger partial charge on any atom is -0.485 e. The van der Waals surface area contributed by atoms with Crippen molar-refractivity contribution >= 4 is 45.5 Å². The SMILES string of the molecule is CC1(C)c2ccccc2-c2ccc(N(c3ccc(-c4sc(-c5ccc(N(c6ccc7c(c6)C(C)(C)c6ccccc6-7)c6ccc7c(c6)C(C)(C)c6ccccc6-7)cc5)c5c4OCCO5)cc3)c3ccc4c(c3)C(C)(C)c3ccccc3-4)cc21. The third-order valence-corrected chi connectivity index (χ3v) is 20.7. The standard InChI is InChI=1S/C78H64N2O2S/c1-75(2)63-21-13-9-17-55(63)59-37-33-51(43-67(59)75)79(52-34-38-60-56-18-10-14-22-64(56)76(3,4)68(60)44-52)49-29-25-47(26-30-49)73-71-72(82-42-41-81-71)74(83-73)48-27-31-50(32-28-48)80(53-35-39-61-57-19-11-15-23-65(57)77(5,6)69(61)45-53)54-36-40-62-58-20-12-16-24-66(58)78(7,8)70(62)46-54/h9-40,43-46H,41-42H2,1-8H3. The fourth-order valence-electron chi connectivity index (χ4n) is 15.1. The minimum absolute atomic E-state index is 0.142. The molecule has 0 saturated heterocycles. The average molecular weight is 1090 g/mol. The van der Waals surface area contributed by atoms with Gasteiger partial charge in [-0.05, 0) is 173 Å². The zero-order valence-corrected chi connectivity index (χ0v) is 49.1. The second kappa shape index (κ2) is 17.8. The molecule has 0 unspecified atom stereocenters. The molecule has 0 fully saturated rings. The van der Waals surface area contributed by atoms with Crippen LogP contribution in [-0.2, 0) is 21.7 Å². The zero-order valence-electron chi connectivity index (χ0n) is 48.3. The number of ether oxygens (including phenoxy) is 2. The van der Waals surface area contributed by atoms with Crippen LogP contribution in [0, 0.1) is 0 Å². The van der Waals surface area contributed by atoms with Gasteiger partial charge in [0, 0.05) is 55.8 Å². The molecule has 1 aliphatic heterocycles. The van der Waals surface area contributed by atoms with Gasteiger partial charge in [0.15, 0.2) is 11.5 Å². The fraction of sp³-hybridized carbons (Fsp3) is 0.179. The Labute approximate surface area is 491 Å². The van der Waals surface area contributed by atoms with E-state index in [-0.39, 0.29) is 21.7 Å². The average Bonchev–Trinajstić information content (AvgIpc) is 2.45. The zero-order chi connectivity index (χ0) is 56.3. The Balaban J connectivity index is 0.777. The van der Waals surface area contributed by atoms with E-state index < -0.39 is 0 Å². The summed E-state index contributed by atoms with van der Waals surface area (Å²) >= 11 is 1.75. The van der Waals surface area contributed by atoms with E-state index in [0.717, 1.165) is 66.5 Å². The van der Waals surface area contributed by atoms with Crippen LogP contribution in [0.4, 0.5) is 34.1 Å². The molecule has 16 rings (SSSR count). The molecular formula is C78H64N2O2S. The first-order chi connectivity index (χ1) is 40.2. The molecule has 0 atom stereocenters. The summed E-state index contributed by atoms with van der Waals surface area (Å²) in [5.41, 5.74) is 29.8. The van der Waals surface area contributed by atoms with E-state index >= 15 is 0 Å². The van der Waals surface area contributed by atoms with E-state index in [1.54, 1.807) is 11.3 Å². The lowest BCUT2D eigenvalue weighted by molar-refractivity contribution is 0.175. The van der Waals surface area contributed by atoms with Gasteiger partial charge in [-0.1, -0.05) is 201 Å². The second-order valence-corrected chi connectivity index (χ2v) is 26.5. The molecule has 83 heavy (non-hydrogen) atoms. The van der Waals surface area contributed by atoms with Crippen LogP contribution in [0.25, 0.3) is 65.4 Å². The lowest BCUT2D eigenvalue weighted by atomic mass is 9.82. The van der Waals surface area contributed by atoms with Crippen molar-refractivity contribution in [3.8, 4) is 76.9 Å². The number of anilines is 6. The number of nitrogens with zero attached hydrogens (tertiary/aromatic N) is 2. The second-order valence-electron chi connectivity index (χ2n) is 25.5. The van der Waals surface area contributed by atoms with Crippen molar-refractivity contribution in [2.24, 2.45) is 0 Å². The maximum absolute atomic E-state index is 6.60. The molecule has 0 bridgehead atoms. The first-order valence-corrected chi connectivity index (χ1v) is 30.2. The van der Waals surface area contributed by atoms with Gasteiger partial charge in [0.05, 0.1) is 9.75 Å². The van der Waals surface area contributed by atoms with Gasteiger partial charge < -0.3 is 19.3 Å². The Morgan fingerprint density at radius 2 is 0.518 bits per heavy atom. The Morgan fingerprint density at radius 1 is 0.277 bits per heavy atom. The fourth-order valence-corrected chi connectivity index (χ4v) is 16.3. The van der Waals surface area contributed by atoms with Crippen molar-refractivity contribution in [2.75, 3.05) is 23.0 Å². The van der Waals surface area contributed by atoms with Crippen molar-refractivity contribution in [2.45, 2.75) is 77.0 Å². The molecule has 5 heteroatoms. The summed E-state index contributed by atoms with van der Waals surface area (Å²) in [7, 11) is 0. The third kappa shape index (κ3) is 7.23. The van der Waals surface area contributed by atoms with E-state index in [1.807, 2.05) is 0 Å². The van der Waals surface area contributed by atoms with Gasteiger partial charge >= 0.3 is 0 Å². The smallest absolute Gasteiger partial charge is 0.180 e. The highest BCUT2D eigenvalue weighted by Gasteiger charge is 2.40. The van der Waals surface area contributed by atoms with Crippen molar-refractivity contribution in [3.63, 3.8) is 0 Å². The molecule has 2 heterocycles. The molecule has 0 amide bonds. The van der Waals surface area contributed by atoms with Crippen LogP contribution in [-0.4, -0.2) is 13.2 Å². The maximum Gasteiger partial charge on any atom is 0.180 e. The van der Waals surface area contributed by atoms with E-state index in [2.05, 4.69) is 284 Å². The normalized spacial score (nSPS) is 16.0. The van der Waals surface area contributed by atoms with Gasteiger partial charge in [-0.2, -0.15) is 0 Å². The maximum atomic E-state index is 6.60. The van der Waals surface area contributed by atoms with E-state index in [9.17, 15) is 0 Å². The van der Waals surface area contributed by atoms with Crippen LogP contribution in [0.15, 0.2) is 218 Å². The summed E-state index contributed by atoms with van der Waals surface area (Å²) in [6.07, 6.45) is 0. The molecule has 0 N–H and O–H groups in total. The molecule has 4 aliphatic carbocycles. The molecular weight excluding hydrogens is 1030 g/mol. The van der Waals surface area contributed by atoms with Gasteiger partial charge in [-0.25, -0.2) is 0 Å². The molecule has 5 aliphatic rings. The highest BCUT2D eigenvalue weighted by molar-refractivity contribution is 7.19. The predicted octanol–water partition coefficient (Wildman–Crippen LogP) is 21.0. The van der Waals surface area contributed by atoms with Crippen LogP contribution < -0.4 is 19.3 Å². The van der Waals surface area contributed by atoms with Crippen molar-refractivity contribution in [1.29, 1.82) is 0 Å². The highest BCUT2D eigenvalue weighted by Crippen LogP contribution is 2.58. The molecule has 1 aromatic heterocycles. The van der Waals surface area contributed by atoms with Gasteiger partial charge in [0.2, 0.25) is 0 Å². The van der Waals surface area contributed by atoms with Crippen molar-refractivity contribution in [1.82, 2.24) is 0 Å². The summed E-state index contributed by atoms with van der Waals surface area (Å²) in [6, 6.07) is 82.2. The van der Waals surface area contributed by atoms with Crippen LogP contribution in [0.5, 0.6) is 11.5 Å². The molecule has 0 spiro atoms. The molecule has 404 valence electrons. The Morgan fingerprint density at radius 3 is 0.795 bits per heavy atom. The third-order valence-electron chi connectivity index (χ3n) is 19.5. The summed E-state index contributed by atoms with van der Waals surface area (Å²) in [6.45, 7) is 19.9. The van der Waals surface area contributed by atoms with E-state index in [1.165, 1.54) is 89.0 Å². The first kappa shape index (κ1) is 49.9. The predicted molar refractivity (Wildman–Crippen MR) is 346 cm³/mol. The first-order valence-electron chi connectivity index (χ1n) is 29.4. The van der Waals surface area contributed by atoms with E-state index in [0.29, 0.717) is 13.2 Å². The number of rotatable bonds is 8. The molecule has 0 saturated carbocycles. The lowest BCUT2D eigenvalue weighted by Gasteiger charge is -2.30. The number of hydrogen-bond acceptors (Lipinski definition) is 5. The number of thiophene rings is 1. The van der Waals surface area contributed by atoms with Gasteiger partial charge in [-0.3, -0.25) is 0 Å². The Hall–Kier alpha value is -8.90. The van der Waals surface area contributed by atoms with Crippen LogP contribution in [0.1, 0.15) is 99.9 Å². The number of hydrogen-bond donors (Lipinski definition) is 0. The summed E-state index contributed by atoms with van der Waals surface area (Å²) < 4.78 is 13.2. The highest BCUT2D eigenvalue weighted by atomic mass is 32.1. The molecule has 10 aromatic carbocycles. The van der Waals surface area contributed by atoms with Crippen LogP contribution >= 0.6 is 11.3 Å². The summed E-state index contributed by atoms with van der Waals surface area (Å²) in [4.78, 5) is 7.04. The quantitative estimate of drug-likeness (QED) is 0.151. The Kier molecular flexibility index (Phi) is 10.7. The van der Waals surface area contributed by atoms with Gasteiger partial charge in [0.25, 0.3) is 0 Å². The summed E-state index contributed by atoms with van der Waals surface area (Å²) in [5.74, 6) is 1.63. The number of benzene rings is 10. The molecule has 0 radical (unpaired) electrons. The Bertz CT molecular complexity index is 4020. The van der Waals surface area contributed by atoms with Crippen molar-refractivity contribution < 1.29 is 9.47 Å². The van der Waals surface area contributed by atoms with Crippen LogP contribution in [0.3, 0.4) is 0 Å². The summed E-state index contributed by atoms with van der Waals surface area (Å²) in [5, 5.41) is 0. The topological polar surface area (TPSA) is 24.9 Å². The molecule has 4 nitrogen and oxygen atoms in total. The number of fused-ring (bicyclic) bond motifs is 13. The van der Waals surface area contributed by atoms with Gasteiger partial charge in [-0.15, -0.1) is 11.3 Å². The lowest BCUT2D eigenvalue weighted by Crippen LogP contribution is -2.18. The minimum atomic E-state index is -0.142. The van der Waals surface area contributed by atoms with Crippen molar-refractivity contribution in [3.05, 3.63) is 263 Å². The van der Waals surface area contributed by atoms with Gasteiger partial charge in [0.1, 0.15) is 13.2 Å². The monoisotopic (exact) mass is 1090 g/mol. The largest absolute Gasteiger partial charge is 0.485 e. The molecule has 11 aromatic rings. The van der Waals surface area contributed by atoms with Crippen LogP contribution in [0.2, 0.25) is 0 Å². The van der Waals surface area contributed by atoms with E-state index in [4.69, 9.17) is 9.47 Å².